The number of hydrogen-bond acceptors (Lipinski definition) is 2. The summed E-state index contributed by atoms with van der Waals surface area (Å²) in [6.07, 6.45) is 0.845. The minimum atomic E-state index is -0.924. The van der Waals surface area contributed by atoms with Crippen LogP contribution in [0.1, 0.15) is 47.7 Å². The molecule has 0 spiro atoms. The number of anilines is 2. The van der Waals surface area contributed by atoms with E-state index in [1.165, 1.54) is 5.56 Å². The van der Waals surface area contributed by atoms with Gasteiger partial charge in [0.15, 0.2) is 0 Å². The second-order valence-electron chi connectivity index (χ2n) is 8.73. The monoisotopic (exact) mass is 463 g/mol. The molecule has 1 N–H and O–H groups in total. The Morgan fingerprint density at radius 2 is 1.68 bits per heavy atom. The van der Waals surface area contributed by atoms with Gasteiger partial charge in [0.1, 0.15) is 11.6 Å². The van der Waals surface area contributed by atoms with Crippen LogP contribution >= 0.6 is 0 Å². The Morgan fingerprint density at radius 1 is 0.971 bits per heavy atom. The molecule has 5 nitrogen and oxygen atoms in total. The number of carbonyl (C=O) groups is 2. The van der Waals surface area contributed by atoms with Gasteiger partial charge in [0.05, 0.1) is 5.56 Å². The van der Waals surface area contributed by atoms with Crippen molar-refractivity contribution in [3.8, 4) is 0 Å². The molecule has 0 aliphatic carbocycles. The van der Waals surface area contributed by atoms with E-state index in [4.69, 9.17) is 0 Å². The minimum Gasteiger partial charge on any atom is -0.322 e. The van der Waals surface area contributed by atoms with Gasteiger partial charge >= 0.3 is 6.03 Å². The molecule has 0 unspecified atom stereocenters. The van der Waals surface area contributed by atoms with Gasteiger partial charge in [0.25, 0.3) is 5.91 Å². The Hall–Kier alpha value is -3.74. The molecule has 1 aliphatic rings. The van der Waals surface area contributed by atoms with E-state index in [1.807, 2.05) is 4.90 Å². The predicted octanol–water partition coefficient (Wildman–Crippen LogP) is 6.17. The zero-order chi connectivity index (χ0) is 24.2. The van der Waals surface area contributed by atoms with Gasteiger partial charge in [0.2, 0.25) is 0 Å². The second-order valence-corrected chi connectivity index (χ2v) is 8.73. The van der Waals surface area contributed by atoms with Crippen molar-refractivity contribution >= 4 is 23.3 Å². The number of benzene rings is 3. The van der Waals surface area contributed by atoms with Crippen LogP contribution in [0.5, 0.6) is 0 Å². The molecular formula is C27H27F2N3O2. The molecule has 1 aliphatic heterocycles. The molecule has 1 saturated heterocycles. The number of carbonyl (C=O) groups excluding carboxylic acids is 2. The number of halogens is 2. The molecule has 7 heteroatoms. The van der Waals surface area contributed by atoms with Crippen molar-refractivity contribution in [3.05, 3.63) is 95.1 Å². The molecule has 0 aromatic heterocycles. The predicted molar refractivity (Wildman–Crippen MR) is 129 cm³/mol. The Kier molecular flexibility index (Phi) is 6.91. The third kappa shape index (κ3) is 5.25. The molecule has 0 saturated carbocycles. The van der Waals surface area contributed by atoms with E-state index in [2.05, 4.69) is 43.4 Å². The van der Waals surface area contributed by atoms with Crippen LogP contribution in [0, 0.1) is 11.6 Å². The lowest BCUT2D eigenvalue weighted by Crippen LogP contribution is -2.49. The van der Waals surface area contributed by atoms with Crippen LogP contribution in [0.2, 0.25) is 0 Å². The SMILES string of the molecule is CC(C)c1ccc(CN2CCCN(c3ccc(NC(=O)c4ccc(F)cc4F)cc3)C2=O)cc1. The molecule has 3 aromatic rings. The van der Waals surface area contributed by atoms with Crippen molar-refractivity contribution in [2.24, 2.45) is 0 Å². The fourth-order valence-electron chi connectivity index (χ4n) is 3.99. The van der Waals surface area contributed by atoms with Crippen LogP contribution in [-0.4, -0.2) is 29.9 Å². The van der Waals surface area contributed by atoms with Crippen molar-refractivity contribution in [2.45, 2.75) is 32.7 Å². The van der Waals surface area contributed by atoms with E-state index in [0.29, 0.717) is 37.3 Å². The second kappa shape index (κ2) is 10.0. The average molecular weight is 464 g/mol. The van der Waals surface area contributed by atoms with Crippen molar-refractivity contribution in [3.63, 3.8) is 0 Å². The number of urea groups is 1. The van der Waals surface area contributed by atoms with Gasteiger partial charge in [-0.1, -0.05) is 38.1 Å². The van der Waals surface area contributed by atoms with E-state index in [1.54, 1.807) is 29.2 Å². The van der Waals surface area contributed by atoms with Gasteiger partial charge in [0, 0.05) is 37.1 Å². The lowest BCUT2D eigenvalue weighted by atomic mass is 10.0. The quantitative estimate of drug-likeness (QED) is 0.475. The molecule has 34 heavy (non-hydrogen) atoms. The summed E-state index contributed by atoms with van der Waals surface area (Å²) < 4.78 is 26.9. The average Bonchev–Trinajstić information content (AvgIpc) is 2.81. The molecule has 176 valence electrons. The third-order valence-corrected chi connectivity index (χ3v) is 5.94. The topological polar surface area (TPSA) is 52.6 Å². The lowest BCUT2D eigenvalue weighted by molar-refractivity contribution is 0.102. The number of rotatable bonds is 6. The largest absolute Gasteiger partial charge is 0.324 e. The smallest absolute Gasteiger partial charge is 0.322 e. The highest BCUT2D eigenvalue weighted by Crippen LogP contribution is 2.24. The van der Waals surface area contributed by atoms with Crippen molar-refractivity contribution in [1.82, 2.24) is 4.90 Å². The van der Waals surface area contributed by atoms with Gasteiger partial charge in [-0.25, -0.2) is 13.6 Å². The van der Waals surface area contributed by atoms with E-state index >= 15 is 0 Å². The third-order valence-electron chi connectivity index (χ3n) is 5.94. The van der Waals surface area contributed by atoms with Gasteiger partial charge in [-0.3, -0.25) is 9.69 Å². The molecule has 3 aromatic carbocycles. The Labute approximate surface area is 198 Å². The number of hydrogen-bond donors (Lipinski definition) is 1. The van der Waals surface area contributed by atoms with Crippen molar-refractivity contribution in [1.29, 1.82) is 0 Å². The Bertz CT molecular complexity index is 1180. The van der Waals surface area contributed by atoms with E-state index < -0.39 is 17.5 Å². The first-order chi connectivity index (χ1) is 16.3. The van der Waals surface area contributed by atoms with Crippen molar-refractivity contribution in [2.75, 3.05) is 23.3 Å². The molecular weight excluding hydrogens is 436 g/mol. The van der Waals surface area contributed by atoms with Crippen LogP contribution < -0.4 is 10.2 Å². The fraction of sp³-hybridized carbons (Fsp3) is 0.259. The first-order valence-electron chi connectivity index (χ1n) is 11.3. The molecule has 0 atom stereocenters. The van der Waals surface area contributed by atoms with Crippen molar-refractivity contribution < 1.29 is 18.4 Å². The van der Waals surface area contributed by atoms with Crippen LogP contribution in [0.4, 0.5) is 25.0 Å². The van der Waals surface area contributed by atoms with Gasteiger partial charge in [-0.05, 0) is 59.9 Å². The van der Waals surface area contributed by atoms with Crippen LogP contribution in [0.15, 0.2) is 66.7 Å². The number of nitrogens with zero attached hydrogens (tertiary/aromatic N) is 2. The molecule has 0 bridgehead atoms. The van der Waals surface area contributed by atoms with Gasteiger partial charge < -0.3 is 10.2 Å². The van der Waals surface area contributed by atoms with Crippen LogP contribution in [0.25, 0.3) is 0 Å². The zero-order valence-electron chi connectivity index (χ0n) is 19.2. The maximum Gasteiger partial charge on any atom is 0.324 e. The van der Waals surface area contributed by atoms with E-state index in [0.717, 1.165) is 29.8 Å². The summed E-state index contributed by atoms with van der Waals surface area (Å²) in [6, 6.07) is 17.9. The first kappa shape index (κ1) is 23.4. The Morgan fingerprint density at radius 3 is 2.32 bits per heavy atom. The molecule has 0 radical (unpaired) electrons. The lowest BCUT2D eigenvalue weighted by Gasteiger charge is -2.35. The fourth-order valence-corrected chi connectivity index (χ4v) is 3.99. The number of amides is 3. The summed E-state index contributed by atoms with van der Waals surface area (Å²) in [7, 11) is 0. The standard InChI is InChI=1S/C27H27F2N3O2/c1-18(2)20-6-4-19(5-7-20)17-31-14-3-15-32(27(31)34)23-11-9-22(10-12-23)30-26(33)24-13-8-21(28)16-25(24)29/h4-13,16,18H,3,14-15,17H2,1-2H3,(H,30,33). The van der Waals surface area contributed by atoms with Crippen LogP contribution in [0.3, 0.4) is 0 Å². The highest BCUT2D eigenvalue weighted by molar-refractivity contribution is 6.04. The van der Waals surface area contributed by atoms with Gasteiger partial charge in [-0.15, -0.1) is 0 Å². The molecule has 3 amide bonds. The minimum absolute atomic E-state index is 0.0654. The molecule has 1 fully saturated rings. The maximum absolute atomic E-state index is 13.9. The Balaban J connectivity index is 1.41. The molecule has 1 heterocycles. The number of nitrogens with one attached hydrogen (secondary N) is 1. The summed E-state index contributed by atoms with van der Waals surface area (Å²) in [6.45, 7) is 6.15. The van der Waals surface area contributed by atoms with E-state index in [9.17, 15) is 18.4 Å². The summed E-state index contributed by atoms with van der Waals surface area (Å²) in [5.74, 6) is -1.88. The summed E-state index contributed by atoms with van der Waals surface area (Å²) >= 11 is 0. The highest BCUT2D eigenvalue weighted by atomic mass is 19.1. The highest BCUT2D eigenvalue weighted by Gasteiger charge is 2.27. The normalized spacial score (nSPS) is 14.0. The van der Waals surface area contributed by atoms with Crippen LogP contribution in [-0.2, 0) is 6.54 Å². The summed E-state index contributed by atoms with van der Waals surface area (Å²) in [4.78, 5) is 29.0. The summed E-state index contributed by atoms with van der Waals surface area (Å²) in [5.41, 5.74) is 3.28. The van der Waals surface area contributed by atoms with Gasteiger partial charge in [-0.2, -0.15) is 0 Å². The molecule has 4 rings (SSSR count). The zero-order valence-corrected chi connectivity index (χ0v) is 19.2. The maximum atomic E-state index is 13.9. The van der Waals surface area contributed by atoms with E-state index in [-0.39, 0.29) is 11.6 Å². The first-order valence-corrected chi connectivity index (χ1v) is 11.3. The summed E-state index contributed by atoms with van der Waals surface area (Å²) in [5, 5.41) is 2.60.